The first-order valence-electron chi connectivity index (χ1n) is 6.92. The van der Waals surface area contributed by atoms with Gasteiger partial charge in [0.25, 0.3) is 0 Å². The molecule has 1 heterocycles. The summed E-state index contributed by atoms with van der Waals surface area (Å²) in [5, 5.41) is 66.2. The summed E-state index contributed by atoms with van der Waals surface area (Å²) in [5.41, 5.74) is 5.62. The van der Waals surface area contributed by atoms with E-state index in [0.717, 1.165) is 0 Å². The molecule has 0 bridgehead atoms. The highest BCUT2D eigenvalue weighted by Gasteiger charge is 2.45. The van der Waals surface area contributed by atoms with Gasteiger partial charge in [-0.25, -0.2) is 0 Å². The molecule has 9 N–H and O–H groups in total. The maximum absolute atomic E-state index is 10.7. The number of aliphatic hydroxyl groups excluding tert-OH is 7. The molecule has 0 spiro atoms. The minimum atomic E-state index is -1.89. The van der Waals surface area contributed by atoms with Gasteiger partial charge in [-0.05, 0) is 0 Å². The molecule has 9 atom stereocenters. The summed E-state index contributed by atoms with van der Waals surface area (Å²) >= 11 is 0. The fourth-order valence-corrected chi connectivity index (χ4v) is 2.15. The fraction of sp³-hybridized carbons (Fsp3) is 0.917. The molecule has 0 aromatic heterocycles. The number of ether oxygens (including phenoxy) is 2. The van der Waals surface area contributed by atoms with E-state index in [2.05, 4.69) is 0 Å². The number of carbonyl (C=O) groups excluding carboxylic acids is 1. The van der Waals surface area contributed by atoms with Crippen LogP contribution in [-0.2, 0) is 14.3 Å². The first kappa shape index (κ1) is 20.3. The maximum atomic E-state index is 10.7. The Morgan fingerprint density at radius 1 is 1.17 bits per heavy atom. The van der Waals surface area contributed by atoms with E-state index in [1.165, 1.54) is 0 Å². The number of aldehydes is 1. The molecule has 1 fully saturated rings. The van der Waals surface area contributed by atoms with Crippen LogP contribution in [0.5, 0.6) is 0 Å². The molecule has 11 nitrogen and oxygen atoms in total. The van der Waals surface area contributed by atoms with Gasteiger partial charge in [0.2, 0.25) is 0 Å². The van der Waals surface area contributed by atoms with E-state index < -0.39 is 68.3 Å². The van der Waals surface area contributed by atoms with Crippen molar-refractivity contribution in [3.8, 4) is 0 Å². The predicted octanol–water partition coefficient (Wildman–Crippen LogP) is -5.59. The fourth-order valence-electron chi connectivity index (χ4n) is 2.15. The molecule has 0 saturated carbocycles. The quantitative estimate of drug-likeness (QED) is 0.195. The van der Waals surface area contributed by atoms with Crippen molar-refractivity contribution < 1.29 is 50.0 Å². The topological polar surface area (TPSA) is 203 Å². The third-order valence-electron chi connectivity index (χ3n) is 3.61. The van der Waals surface area contributed by atoms with E-state index in [0.29, 0.717) is 0 Å². The van der Waals surface area contributed by atoms with Crippen LogP contribution in [0.1, 0.15) is 0 Å². The van der Waals surface area contributed by atoms with Gasteiger partial charge in [0.05, 0.1) is 19.3 Å². The van der Waals surface area contributed by atoms with Gasteiger partial charge in [-0.3, -0.25) is 0 Å². The molecule has 1 saturated heterocycles. The van der Waals surface area contributed by atoms with Crippen LogP contribution in [0.4, 0.5) is 0 Å². The van der Waals surface area contributed by atoms with Crippen LogP contribution in [0.25, 0.3) is 0 Å². The highest BCUT2D eigenvalue weighted by atomic mass is 16.7. The van der Waals surface area contributed by atoms with Gasteiger partial charge in [0, 0.05) is 0 Å². The van der Waals surface area contributed by atoms with Crippen molar-refractivity contribution >= 4 is 6.29 Å². The Labute approximate surface area is 131 Å². The van der Waals surface area contributed by atoms with Crippen LogP contribution in [0.15, 0.2) is 0 Å². The number of carbonyl (C=O) groups is 1. The van der Waals surface area contributed by atoms with Crippen molar-refractivity contribution in [1.82, 2.24) is 0 Å². The van der Waals surface area contributed by atoms with Crippen molar-refractivity contribution in [1.29, 1.82) is 0 Å². The summed E-state index contributed by atoms with van der Waals surface area (Å²) in [7, 11) is 0. The van der Waals surface area contributed by atoms with Crippen LogP contribution in [0.2, 0.25) is 0 Å². The first-order valence-corrected chi connectivity index (χ1v) is 6.92. The van der Waals surface area contributed by atoms with E-state index in [-0.39, 0.29) is 6.29 Å². The molecule has 0 aromatic carbocycles. The molecule has 0 aromatic rings. The first-order chi connectivity index (χ1) is 10.8. The van der Waals surface area contributed by atoms with Crippen LogP contribution >= 0.6 is 0 Å². The molecule has 136 valence electrons. The summed E-state index contributed by atoms with van der Waals surface area (Å²) in [6.45, 7) is -1.54. The SMILES string of the molecule is N[C@H]1[C@H](O[C@@H]([C@@H](O)[C@H](O)CO)[C@@H](O)C=O)O[C@H](CO)[C@@H](O)[C@@H]1O. The summed E-state index contributed by atoms with van der Waals surface area (Å²) in [6, 6.07) is -1.33. The monoisotopic (exact) mass is 341 g/mol. The zero-order valence-corrected chi connectivity index (χ0v) is 12.1. The second kappa shape index (κ2) is 8.94. The summed E-state index contributed by atoms with van der Waals surface area (Å²) < 4.78 is 10.3. The summed E-state index contributed by atoms with van der Waals surface area (Å²) in [6.07, 6.45) is -13.0. The van der Waals surface area contributed by atoms with Crippen molar-refractivity contribution in [3.63, 3.8) is 0 Å². The second-order valence-electron chi connectivity index (χ2n) is 5.25. The normalized spacial score (nSPS) is 37.0. The van der Waals surface area contributed by atoms with E-state index in [1.807, 2.05) is 0 Å². The molecule has 11 heteroatoms. The second-order valence-corrected chi connectivity index (χ2v) is 5.25. The van der Waals surface area contributed by atoms with Crippen molar-refractivity contribution in [2.45, 2.75) is 55.1 Å². The van der Waals surface area contributed by atoms with Crippen LogP contribution in [-0.4, -0.2) is 110 Å². The molecular formula is C12H23NO10. The van der Waals surface area contributed by atoms with E-state index in [4.69, 9.17) is 25.4 Å². The van der Waals surface area contributed by atoms with Gasteiger partial charge >= 0.3 is 0 Å². The molecule has 0 aliphatic carbocycles. The molecule has 0 amide bonds. The average molecular weight is 341 g/mol. The number of hydrogen-bond acceptors (Lipinski definition) is 11. The van der Waals surface area contributed by atoms with E-state index in [9.17, 15) is 30.3 Å². The average Bonchev–Trinajstić information content (AvgIpc) is 2.57. The molecular weight excluding hydrogens is 318 g/mol. The Morgan fingerprint density at radius 3 is 2.26 bits per heavy atom. The van der Waals surface area contributed by atoms with Crippen molar-refractivity contribution in [2.75, 3.05) is 13.2 Å². The van der Waals surface area contributed by atoms with Gasteiger partial charge in [-0.15, -0.1) is 0 Å². The zero-order valence-electron chi connectivity index (χ0n) is 12.1. The molecule has 1 rings (SSSR count). The minimum Gasteiger partial charge on any atom is -0.394 e. The highest BCUT2D eigenvalue weighted by Crippen LogP contribution is 2.23. The lowest BCUT2D eigenvalue weighted by Crippen LogP contribution is -2.64. The lowest BCUT2D eigenvalue weighted by Gasteiger charge is -2.42. The summed E-state index contributed by atoms with van der Waals surface area (Å²) in [4.78, 5) is 10.7. The standard InChI is InChI=1S/C12H23NO10/c13-7-10(21)9(20)6(3-16)22-12(7)23-11(5(18)2-15)8(19)4(17)1-14/h2,4-12,14,16-21H,1,3,13H2/t4-,5+,6-,7-,8+,9-,10-,11-,12+/m1/s1. The molecule has 1 aliphatic heterocycles. The Bertz CT molecular complexity index is 370. The number of hydrogen-bond donors (Lipinski definition) is 8. The number of aliphatic hydroxyl groups is 7. The van der Waals surface area contributed by atoms with Crippen LogP contribution in [0.3, 0.4) is 0 Å². The molecule has 23 heavy (non-hydrogen) atoms. The Kier molecular flexibility index (Phi) is 7.89. The minimum absolute atomic E-state index is 0.0289. The van der Waals surface area contributed by atoms with Crippen LogP contribution in [0, 0.1) is 0 Å². The number of nitrogens with two attached hydrogens (primary N) is 1. The summed E-state index contributed by atoms with van der Waals surface area (Å²) in [5.74, 6) is 0. The Balaban J connectivity index is 2.91. The van der Waals surface area contributed by atoms with E-state index >= 15 is 0 Å². The van der Waals surface area contributed by atoms with Gasteiger partial charge < -0.3 is 55.7 Å². The van der Waals surface area contributed by atoms with Crippen molar-refractivity contribution in [3.05, 3.63) is 0 Å². The van der Waals surface area contributed by atoms with E-state index in [1.54, 1.807) is 0 Å². The highest BCUT2D eigenvalue weighted by molar-refractivity contribution is 5.56. The molecule has 0 unspecified atom stereocenters. The van der Waals surface area contributed by atoms with Gasteiger partial charge in [-0.1, -0.05) is 0 Å². The van der Waals surface area contributed by atoms with Crippen LogP contribution < -0.4 is 5.73 Å². The molecule has 0 radical (unpaired) electrons. The van der Waals surface area contributed by atoms with Gasteiger partial charge in [-0.2, -0.15) is 0 Å². The Hall–Kier alpha value is -0.730. The lowest BCUT2D eigenvalue weighted by molar-refractivity contribution is -0.295. The smallest absolute Gasteiger partial charge is 0.176 e. The van der Waals surface area contributed by atoms with Crippen molar-refractivity contribution in [2.24, 2.45) is 5.73 Å². The maximum Gasteiger partial charge on any atom is 0.176 e. The third-order valence-corrected chi connectivity index (χ3v) is 3.61. The Morgan fingerprint density at radius 2 is 1.78 bits per heavy atom. The molecule has 1 aliphatic rings. The lowest BCUT2D eigenvalue weighted by atomic mass is 9.97. The zero-order chi connectivity index (χ0) is 17.7. The number of rotatable bonds is 8. The largest absolute Gasteiger partial charge is 0.394 e. The van der Waals surface area contributed by atoms with Gasteiger partial charge in [0.1, 0.15) is 42.7 Å². The third kappa shape index (κ3) is 4.64. The van der Waals surface area contributed by atoms with Gasteiger partial charge in [0.15, 0.2) is 12.6 Å². The predicted molar refractivity (Wildman–Crippen MR) is 71.8 cm³/mol.